The van der Waals surface area contributed by atoms with Crippen LogP contribution in [-0.4, -0.2) is 17.4 Å². The van der Waals surface area contributed by atoms with E-state index in [1.54, 1.807) is 24.3 Å². The van der Waals surface area contributed by atoms with Crippen molar-refractivity contribution < 1.29 is 23.5 Å². The van der Waals surface area contributed by atoms with E-state index in [9.17, 15) is 18.4 Å². The van der Waals surface area contributed by atoms with E-state index in [-0.39, 0.29) is 6.42 Å². The molecule has 2 rings (SSSR count). The summed E-state index contributed by atoms with van der Waals surface area (Å²) in [5, 5.41) is 8.42. The number of benzene rings is 2. The van der Waals surface area contributed by atoms with Crippen LogP contribution in [0.5, 0.6) is 0 Å². The molecule has 0 fully saturated rings. The van der Waals surface area contributed by atoms with Crippen molar-refractivity contribution in [2.45, 2.75) is 12.8 Å². The highest BCUT2D eigenvalue weighted by Gasteiger charge is 1.98. The molecule has 110 valence electrons. The molecule has 0 aliphatic rings. The Hall–Kier alpha value is -2.56. The van der Waals surface area contributed by atoms with Crippen LogP contribution in [0.2, 0.25) is 0 Å². The fourth-order valence-corrected chi connectivity index (χ4v) is 1.47. The van der Waals surface area contributed by atoms with Gasteiger partial charge in [0.25, 0.3) is 0 Å². The molecule has 5 heteroatoms. The topological polar surface area (TPSA) is 54.4 Å². The van der Waals surface area contributed by atoms with E-state index in [0.717, 1.165) is 17.9 Å². The molecule has 0 bridgehead atoms. The number of carbonyl (C=O) groups excluding carboxylic acids is 1. The summed E-state index contributed by atoms with van der Waals surface area (Å²) >= 11 is 0. The first-order chi connectivity index (χ1) is 10.0. The molecule has 0 aliphatic carbocycles. The summed E-state index contributed by atoms with van der Waals surface area (Å²) in [5.41, 5.74) is 1.55. The minimum Gasteiger partial charge on any atom is -0.481 e. The minimum absolute atomic E-state index is 0.125. The SMILES string of the molecule is Fc1cccc(F)c1.O=Cc1ccc(CCC(=O)O)cc1. The highest BCUT2D eigenvalue weighted by Crippen LogP contribution is 2.05. The third-order valence-electron chi connectivity index (χ3n) is 2.53. The fraction of sp³-hybridized carbons (Fsp3) is 0.125. The molecule has 0 spiro atoms. The van der Waals surface area contributed by atoms with Crippen LogP contribution < -0.4 is 0 Å². The summed E-state index contributed by atoms with van der Waals surface area (Å²) in [5.74, 6) is -1.88. The Kier molecular flexibility index (Phi) is 6.74. The van der Waals surface area contributed by atoms with E-state index in [1.165, 1.54) is 18.2 Å². The maximum atomic E-state index is 11.9. The number of halogens is 2. The summed E-state index contributed by atoms with van der Waals surface area (Å²) in [6.07, 6.45) is 1.40. The summed E-state index contributed by atoms with van der Waals surface area (Å²) in [6, 6.07) is 11.5. The predicted octanol–water partition coefficient (Wildman–Crippen LogP) is 3.48. The van der Waals surface area contributed by atoms with Crippen LogP contribution in [-0.2, 0) is 11.2 Å². The predicted molar refractivity (Wildman–Crippen MR) is 74.1 cm³/mol. The van der Waals surface area contributed by atoms with Gasteiger partial charge in [0.2, 0.25) is 0 Å². The number of aliphatic carboxylic acids is 1. The molecule has 0 aromatic heterocycles. The molecule has 0 unspecified atom stereocenters. The Morgan fingerprint density at radius 1 is 1.05 bits per heavy atom. The number of aldehydes is 1. The van der Waals surface area contributed by atoms with Gasteiger partial charge in [-0.25, -0.2) is 8.78 Å². The van der Waals surface area contributed by atoms with Crippen molar-refractivity contribution >= 4 is 12.3 Å². The normalized spacial score (nSPS) is 9.43. The van der Waals surface area contributed by atoms with Gasteiger partial charge in [0.15, 0.2) is 0 Å². The van der Waals surface area contributed by atoms with Gasteiger partial charge in [-0.2, -0.15) is 0 Å². The molecule has 0 atom stereocenters. The Morgan fingerprint density at radius 2 is 1.62 bits per heavy atom. The number of rotatable bonds is 4. The Bertz CT molecular complexity index is 577. The second-order valence-electron chi connectivity index (χ2n) is 4.19. The molecule has 2 aromatic rings. The van der Waals surface area contributed by atoms with Crippen molar-refractivity contribution in [2.24, 2.45) is 0 Å². The van der Waals surface area contributed by atoms with E-state index < -0.39 is 17.6 Å². The third kappa shape index (κ3) is 6.96. The highest BCUT2D eigenvalue weighted by molar-refractivity contribution is 5.74. The van der Waals surface area contributed by atoms with Crippen molar-refractivity contribution in [2.75, 3.05) is 0 Å². The first-order valence-electron chi connectivity index (χ1n) is 6.18. The second kappa shape index (κ2) is 8.58. The van der Waals surface area contributed by atoms with Gasteiger partial charge in [0.05, 0.1) is 0 Å². The van der Waals surface area contributed by atoms with Gasteiger partial charge in [-0.3, -0.25) is 9.59 Å². The molecule has 0 saturated heterocycles. The smallest absolute Gasteiger partial charge is 0.303 e. The van der Waals surface area contributed by atoms with E-state index in [1.807, 2.05) is 0 Å². The molecule has 1 N–H and O–H groups in total. The zero-order chi connectivity index (χ0) is 15.7. The monoisotopic (exact) mass is 292 g/mol. The van der Waals surface area contributed by atoms with Gasteiger partial charge in [-0.05, 0) is 24.1 Å². The van der Waals surface area contributed by atoms with E-state index in [4.69, 9.17) is 5.11 Å². The van der Waals surface area contributed by atoms with Crippen molar-refractivity contribution in [3.63, 3.8) is 0 Å². The number of carboxylic acids is 1. The van der Waals surface area contributed by atoms with Crippen LogP contribution in [0.25, 0.3) is 0 Å². The lowest BCUT2D eigenvalue weighted by molar-refractivity contribution is -0.136. The molecule has 0 heterocycles. The maximum absolute atomic E-state index is 11.9. The van der Waals surface area contributed by atoms with E-state index in [2.05, 4.69) is 0 Å². The average Bonchev–Trinajstić information content (AvgIpc) is 2.46. The van der Waals surface area contributed by atoms with Crippen molar-refractivity contribution in [3.05, 3.63) is 71.3 Å². The van der Waals surface area contributed by atoms with Gasteiger partial charge in [-0.1, -0.05) is 30.3 Å². The summed E-state index contributed by atoms with van der Waals surface area (Å²) in [4.78, 5) is 20.5. The largest absolute Gasteiger partial charge is 0.481 e. The number of hydrogen-bond acceptors (Lipinski definition) is 2. The first kappa shape index (κ1) is 16.5. The molecular weight excluding hydrogens is 278 g/mol. The Morgan fingerprint density at radius 3 is 2.00 bits per heavy atom. The van der Waals surface area contributed by atoms with Crippen LogP contribution in [0.4, 0.5) is 8.78 Å². The molecule has 3 nitrogen and oxygen atoms in total. The zero-order valence-electron chi connectivity index (χ0n) is 11.1. The van der Waals surface area contributed by atoms with Crippen LogP contribution in [0.15, 0.2) is 48.5 Å². The number of carbonyl (C=O) groups is 2. The standard InChI is InChI=1S/C10H10O3.C6H4F2/c11-7-9-3-1-8(2-4-9)5-6-10(12)13;7-5-2-1-3-6(8)4-5/h1-4,7H,5-6H2,(H,12,13);1-4H. The molecule has 0 saturated carbocycles. The van der Waals surface area contributed by atoms with E-state index in [0.29, 0.717) is 12.0 Å². The van der Waals surface area contributed by atoms with Gasteiger partial charge in [0.1, 0.15) is 17.9 Å². The van der Waals surface area contributed by atoms with E-state index >= 15 is 0 Å². The van der Waals surface area contributed by atoms with Crippen LogP contribution in [0, 0.1) is 11.6 Å². The molecule has 0 aliphatic heterocycles. The maximum Gasteiger partial charge on any atom is 0.303 e. The van der Waals surface area contributed by atoms with Gasteiger partial charge in [0, 0.05) is 18.1 Å². The third-order valence-corrected chi connectivity index (χ3v) is 2.53. The van der Waals surface area contributed by atoms with Crippen molar-refractivity contribution in [3.8, 4) is 0 Å². The molecule has 0 amide bonds. The van der Waals surface area contributed by atoms with Gasteiger partial charge in [-0.15, -0.1) is 0 Å². The lowest BCUT2D eigenvalue weighted by Crippen LogP contribution is -1.97. The van der Waals surface area contributed by atoms with Crippen molar-refractivity contribution in [1.82, 2.24) is 0 Å². The molecular formula is C16H14F2O3. The number of aryl methyl sites for hydroxylation is 1. The quantitative estimate of drug-likeness (QED) is 0.878. The van der Waals surface area contributed by atoms with Crippen LogP contribution in [0.3, 0.4) is 0 Å². The molecule has 21 heavy (non-hydrogen) atoms. The molecule has 2 aromatic carbocycles. The summed E-state index contributed by atoms with van der Waals surface area (Å²) in [6.45, 7) is 0. The van der Waals surface area contributed by atoms with Crippen molar-refractivity contribution in [1.29, 1.82) is 0 Å². The lowest BCUT2D eigenvalue weighted by atomic mass is 10.1. The average molecular weight is 292 g/mol. The Balaban J connectivity index is 0.000000235. The fourth-order valence-electron chi connectivity index (χ4n) is 1.47. The second-order valence-corrected chi connectivity index (χ2v) is 4.19. The number of hydrogen-bond donors (Lipinski definition) is 1. The summed E-state index contributed by atoms with van der Waals surface area (Å²) in [7, 11) is 0. The summed E-state index contributed by atoms with van der Waals surface area (Å²) < 4.78 is 23.9. The zero-order valence-corrected chi connectivity index (χ0v) is 11.1. The van der Waals surface area contributed by atoms with Crippen LogP contribution in [0.1, 0.15) is 22.3 Å². The van der Waals surface area contributed by atoms with Gasteiger partial charge < -0.3 is 5.11 Å². The molecule has 0 radical (unpaired) electrons. The number of carboxylic acid groups (broad SMARTS) is 1. The first-order valence-corrected chi connectivity index (χ1v) is 6.18. The van der Waals surface area contributed by atoms with Crippen LogP contribution >= 0.6 is 0 Å². The minimum atomic E-state index is -0.806. The lowest BCUT2D eigenvalue weighted by Gasteiger charge is -1.97. The Labute approximate surface area is 120 Å². The highest BCUT2D eigenvalue weighted by atomic mass is 19.1. The van der Waals surface area contributed by atoms with Gasteiger partial charge >= 0.3 is 5.97 Å².